The molecule has 1 rings (SSSR count). The zero-order valence-corrected chi connectivity index (χ0v) is 13.6. The summed E-state index contributed by atoms with van der Waals surface area (Å²) < 4.78 is 36.4. The van der Waals surface area contributed by atoms with Crippen LogP contribution in [0.3, 0.4) is 0 Å². The zero-order chi connectivity index (χ0) is 15.2. The number of ether oxygens (including phenoxy) is 2. The van der Waals surface area contributed by atoms with E-state index in [1.54, 1.807) is 18.2 Å². The fourth-order valence-corrected chi connectivity index (χ4v) is 2.98. The predicted octanol–water partition coefficient (Wildman–Crippen LogP) is 2.15. The number of methoxy groups -OCH3 is 2. The normalized spacial score (nSPS) is 10.9. The number of nitrogens with one attached hydrogen (secondary N) is 1. The third-order valence-electron chi connectivity index (χ3n) is 2.45. The lowest BCUT2D eigenvalue weighted by Crippen LogP contribution is -2.17. The lowest BCUT2D eigenvalue weighted by molar-refractivity contribution is -0.140. The van der Waals surface area contributed by atoms with Crippen molar-refractivity contribution in [3.8, 4) is 5.75 Å². The van der Waals surface area contributed by atoms with E-state index in [1.807, 2.05) is 0 Å². The smallest absolute Gasteiger partial charge is 0.305 e. The van der Waals surface area contributed by atoms with Crippen LogP contribution in [-0.4, -0.2) is 34.4 Å². The first-order valence-electron chi connectivity index (χ1n) is 5.79. The Balaban J connectivity index is 2.64. The highest BCUT2D eigenvalue weighted by atomic mass is 79.9. The second kappa shape index (κ2) is 7.49. The van der Waals surface area contributed by atoms with Gasteiger partial charge in [0.05, 0.1) is 30.1 Å². The van der Waals surface area contributed by atoms with Crippen LogP contribution in [0.25, 0.3) is 0 Å². The Morgan fingerprint density at radius 1 is 1.35 bits per heavy atom. The Kier molecular flexibility index (Phi) is 6.28. The molecule has 0 aliphatic rings. The van der Waals surface area contributed by atoms with Crippen LogP contribution in [0.5, 0.6) is 5.75 Å². The molecule has 0 aliphatic heterocycles. The van der Waals surface area contributed by atoms with Gasteiger partial charge in [-0.1, -0.05) is 0 Å². The third kappa shape index (κ3) is 5.38. The molecule has 0 heterocycles. The van der Waals surface area contributed by atoms with Crippen LogP contribution in [0, 0.1) is 0 Å². The van der Waals surface area contributed by atoms with E-state index in [1.165, 1.54) is 14.2 Å². The molecule has 112 valence electrons. The van der Waals surface area contributed by atoms with Crippen molar-refractivity contribution >= 4 is 37.6 Å². The van der Waals surface area contributed by atoms with Gasteiger partial charge in [-0.2, -0.15) is 0 Å². The van der Waals surface area contributed by atoms with Gasteiger partial charge < -0.3 is 9.47 Å². The minimum absolute atomic E-state index is 0.0705. The van der Waals surface area contributed by atoms with Gasteiger partial charge in [0.15, 0.2) is 0 Å². The standard InChI is InChI=1S/C12H16BrNO5S/c1-18-11-8-9(5-6-10(11)13)14-20(16,17)7-3-4-12(15)19-2/h5-6,8,14H,3-4,7H2,1-2H3. The molecule has 0 fully saturated rings. The molecule has 0 bridgehead atoms. The second-order valence-electron chi connectivity index (χ2n) is 3.95. The van der Waals surface area contributed by atoms with Crippen molar-refractivity contribution in [1.82, 2.24) is 0 Å². The maximum atomic E-state index is 11.8. The first kappa shape index (κ1) is 16.8. The minimum atomic E-state index is -3.50. The van der Waals surface area contributed by atoms with Gasteiger partial charge in [-0.15, -0.1) is 0 Å². The van der Waals surface area contributed by atoms with Crippen LogP contribution >= 0.6 is 15.9 Å². The Hall–Kier alpha value is -1.28. The highest BCUT2D eigenvalue weighted by Crippen LogP contribution is 2.28. The number of esters is 1. The van der Waals surface area contributed by atoms with Gasteiger partial charge in [-0.25, -0.2) is 8.42 Å². The van der Waals surface area contributed by atoms with Crippen molar-refractivity contribution in [2.45, 2.75) is 12.8 Å². The van der Waals surface area contributed by atoms with E-state index in [-0.39, 0.29) is 18.6 Å². The molecule has 8 heteroatoms. The molecule has 0 saturated carbocycles. The number of benzene rings is 1. The van der Waals surface area contributed by atoms with E-state index in [0.717, 1.165) is 4.47 Å². The summed E-state index contributed by atoms with van der Waals surface area (Å²) in [6.45, 7) is 0. The van der Waals surface area contributed by atoms with Gasteiger partial charge in [0.1, 0.15) is 5.75 Å². The van der Waals surface area contributed by atoms with Crippen molar-refractivity contribution in [2.75, 3.05) is 24.7 Å². The molecular formula is C12H16BrNO5S. The number of anilines is 1. The topological polar surface area (TPSA) is 81.7 Å². The predicted molar refractivity (Wildman–Crippen MR) is 79.4 cm³/mol. The summed E-state index contributed by atoms with van der Waals surface area (Å²) in [6.07, 6.45) is 0.275. The Morgan fingerprint density at radius 3 is 2.65 bits per heavy atom. The molecule has 20 heavy (non-hydrogen) atoms. The molecule has 0 saturated heterocycles. The van der Waals surface area contributed by atoms with Gasteiger partial charge in [-0.3, -0.25) is 9.52 Å². The van der Waals surface area contributed by atoms with E-state index in [0.29, 0.717) is 11.4 Å². The van der Waals surface area contributed by atoms with E-state index in [4.69, 9.17) is 4.74 Å². The number of hydrogen-bond donors (Lipinski definition) is 1. The fraction of sp³-hybridized carbons (Fsp3) is 0.417. The number of carbonyl (C=O) groups excluding carboxylic acids is 1. The summed E-state index contributed by atoms with van der Waals surface area (Å²) in [5.74, 6) is -0.0502. The quantitative estimate of drug-likeness (QED) is 0.748. The molecule has 6 nitrogen and oxygen atoms in total. The number of rotatable bonds is 7. The molecule has 1 N–H and O–H groups in total. The summed E-state index contributed by atoms with van der Waals surface area (Å²) in [6, 6.07) is 4.87. The zero-order valence-electron chi connectivity index (χ0n) is 11.2. The molecule has 1 aromatic rings. The van der Waals surface area contributed by atoms with Gasteiger partial charge in [0.25, 0.3) is 0 Å². The number of halogens is 1. The van der Waals surface area contributed by atoms with Crippen LogP contribution in [0.1, 0.15) is 12.8 Å². The van der Waals surface area contributed by atoms with Crippen molar-refractivity contribution < 1.29 is 22.7 Å². The Morgan fingerprint density at radius 2 is 2.05 bits per heavy atom. The maximum Gasteiger partial charge on any atom is 0.305 e. The van der Waals surface area contributed by atoms with Crippen LogP contribution in [-0.2, 0) is 19.6 Å². The average Bonchev–Trinajstić information content (AvgIpc) is 2.40. The summed E-state index contributed by atoms with van der Waals surface area (Å²) >= 11 is 3.28. The van der Waals surface area contributed by atoms with E-state index < -0.39 is 16.0 Å². The van der Waals surface area contributed by atoms with Crippen molar-refractivity contribution in [3.05, 3.63) is 22.7 Å². The lowest BCUT2D eigenvalue weighted by Gasteiger charge is -2.10. The molecule has 0 spiro atoms. The molecular weight excluding hydrogens is 350 g/mol. The van der Waals surface area contributed by atoms with Crippen molar-refractivity contribution in [2.24, 2.45) is 0 Å². The fourth-order valence-electron chi connectivity index (χ4n) is 1.46. The van der Waals surface area contributed by atoms with E-state index in [2.05, 4.69) is 25.4 Å². The SMILES string of the molecule is COC(=O)CCCS(=O)(=O)Nc1ccc(Br)c(OC)c1. The summed E-state index contributed by atoms with van der Waals surface area (Å²) in [5.41, 5.74) is 0.406. The Bertz CT molecular complexity index is 573. The van der Waals surface area contributed by atoms with Gasteiger partial charge in [0.2, 0.25) is 10.0 Å². The first-order chi connectivity index (χ1) is 9.38. The summed E-state index contributed by atoms with van der Waals surface area (Å²) in [4.78, 5) is 10.9. The van der Waals surface area contributed by atoms with E-state index >= 15 is 0 Å². The molecule has 1 aromatic carbocycles. The highest BCUT2D eigenvalue weighted by Gasteiger charge is 2.13. The van der Waals surface area contributed by atoms with Gasteiger partial charge in [0, 0.05) is 12.5 Å². The number of carbonyl (C=O) groups is 1. The number of sulfonamides is 1. The van der Waals surface area contributed by atoms with Crippen LogP contribution in [0.15, 0.2) is 22.7 Å². The largest absolute Gasteiger partial charge is 0.495 e. The van der Waals surface area contributed by atoms with Gasteiger partial charge in [-0.05, 0) is 34.5 Å². The maximum absolute atomic E-state index is 11.8. The summed E-state index contributed by atoms with van der Waals surface area (Å²) in [5, 5.41) is 0. The van der Waals surface area contributed by atoms with Crippen molar-refractivity contribution in [1.29, 1.82) is 0 Å². The minimum Gasteiger partial charge on any atom is -0.495 e. The monoisotopic (exact) mass is 365 g/mol. The van der Waals surface area contributed by atoms with Gasteiger partial charge >= 0.3 is 5.97 Å². The molecule has 0 unspecified atom stereocenters. The molecule has 0 aromatic heterocycles. The van der Waals surface area contributed by atoms with Crippen LogP contribution in [0.2, 0.25) is 0 Å². The number of hydrogen-bond acceptors (Lipinski definition) is 5. The molecule has 0 aliphatic carbocycles. The first-order valence-corrected chi connectivity index (χ1v) is 8.23. The van der Waals surface area contributed by atoms with E-state index in [9.17, 15) is 13.2 Å². The molecule has 0 atom stereocenters. The molecule has 0 amide bonds. The summed E-state index contributed by atoms with van der Waals surface area (Å²) in [7, 11) is -0.743. The molecule has 0 radical (unpaired) electrons. The lowest BCUT2D eigenvalue weighted by atomic mass is 10.3. The highest BCUT2D eigenvalue weighted by molar-refractivity contribution is 9.10. The second-order valence-corrected chi connectivity index (χ2v) is 6.65. The Labute approximate surface area is 126 Å². The third-order valence-corrected chi connectivity index (χ3v) is 4.47. The van der Waals surface area contributed by atoms with Crippen LogP contribution in [0.4, 0.5) is 5.69 Å². The van der Waals surface area contributed by atoms with Crippen LogP contribution < -0.4 is 9.46 Å². The van der Waals surface area contributed by atoms with Crippen molar-refractivity contribution in [3.63, 3.8) is 0 Å². The average molecular weight is 366 g/mol.